The van der Waals surface area contributed by atoms with Gasteiger partial charge in [-0.25, -0.2) is 0 Å². The SMILES string of the molecule is CNCCC(C)CCc1ccc2cc(OC)ccc2c1. The average molecular weight is 271 g/mol. The molecule has 0 fully saturated rings. The monoisotopic (exact) mass is 271 g/mol. The minimum atomic E-state index is 0.772. The highest BCUT2D eigenvalue weighted by Gasteiger charge is 2.03. The Balaban J connectivity index is 2.01. The molecule has 1 atom stereocenters. The summed E-state index contributed by atoms with van der Waals surface area (Å²) in [5.74, 6) is 1.69. The molecule has 0 amide bonds. The Labute approximate surface area is 122 Å². The molecule has 2 nitrogen and oxygen atoms in total. The van der Waals surface area contributed by atoms with Gasteiger partial charge in [-0.05, 0) is 67.2 Å². The minimum Gasteiger partial charge on any atom is -0.497 e. The lowest BCUT2D eigenvalue weighted by Gasteiger charge is -2.11. The van der Waals surface area contributed by atoms with Crippen LogP contribution in [0.1, 0.15) is 25.3 Å². The number of ether oxygens (including phenoxy) is 1. The molecular formula is C18H25NO. The second-order valence-electron chi connectivity index (χ2n) is 5.58. The molecule has 0 bridgehead atoms. The van der Waals surface area contributed by atoms with Crippen molar-refractivity contribution in [3.8, 4) is 5.75 Å². The van der Waals surface area contributed by atoms with Crippen LogP contribution >= 0.6 is 0 Å². The molecule has 0 spiro atoms. The van der Waals surface area contributed by atoms with E-state index in [9.17, 15) is 0 Å². The molecule has 0 heterocycles. The third-order valence-corrected chi connectivity index (χ3v) is 3.92. The lowest BCUT2D eigenvalue weighted by molar-refractivity contribution is 0.415. The quantitative estimate of drug-likeness (QED) is 0.821. The number of benzene rings is 2. The summed E-state index contributed by atoms with van der Waals surface area (Å²) < 4.78 is 5.26. The van der Waals surface area contributed by atoms with Crippen LogP contribution in [0.25, 0.3) is 10.8 Å². The van der Waals surface area contributed by atoms with Gasteiger partial charge < -0.3 is 10.1 Å². The van der Waals surface area contributed by atoms with Crippen LogP contribution in [0.4, 0.5) is 0 Å². The Morgan fingerprint density at radius 1 is 1.05 bits per heavy atom. The standard InChI is InChI=1S/C18H25NO/c1-14(10-11-19-2)4-5-15-6-7-17-13-18(20-3)9-8-16(17)12-15/h6-9,12-14,19H,4-5,10-11H2,1-3H3. The third kappa shape index (κ3) is 3.97. The van der Waals surface area contributed by atoms with E-state index in [0.717, 1.165) is 24.6 Å². The van der Waals surface area contributed by atoms with Gasteiger partial charge in [-0.1, -0.05) is 31.2 Å². The van der Waals surface area contributed by atoms with E-state index >= 15 is 0 Å². The fourth-order valence-electron chi connectivity index (χ4n) is 2.50. The summed E-state index contributed by atoms with van der Waals surface area (Å²) in [4.78, 5) is 0. The van der Waals surface area contributed by atoms with Gasteiger partial charge in [-0.3, -0.25) is 0 Å². The highest BCUT2D eigenvalue weighted by atomic mass is 16.5. The second kappa shape index (κ2) is 7.30. The van der Waals surface area contributed by atoms with Gasteiger partial charge in [0.1, 0.15) is 5.75 Å². The smallest absolute Gasteiger partial charge is 0.119 e. The summed E-state index contributed by atoms with van der Waals surface area (Å²) >= 11 is 0. The molecular weight excluding hydrogens is 246 g/mol. The molecule has 0 aromatic heterocycles. The van der Waals surface area contributed by atoms with Crippen LogP contribution in [0.5, 0.6) is 5.75 Å². The van der Waals surface area contributed by atoms with Gasteiger partial charge in [0.2, 0.25) is 0 Å². The van der Waals surface area contributed by atoms with Crippen LogP contribution in [0.2, 0.25) is 0 Å². The predicted octanol–water partition coefficient (Wildman–Crippen LogP) is 4.03. The fourth-order valence-corrected chi connectivity index (χ4v) is 2.50. The number of nitrogens with one attached hydrogen (secondary N) is 1. The van der Waals surface area contributed by atoms with Gasteiger partial charge in [-0.2, -0.15) is 0 Å². The van der Waals surface area contributed by atoms with E-state index in [1.807, 2.05) is 13.1 Å². The summed E-state index contributed by atoms with van der Waals surface area (Å²) in [6.45, 7) is 3.45. The fraction of sp³-hybridized carbons (Fsp3) is 0.444. The number of rotatable bonds is 7. The number of hydrogen-bond donors (Lipinski definition) is 1. The molecule has 2 heteroatoms. The van der Waals surface area contributed by atoms with Crippen LogP contribution in [-0.2, 0) is 6.42 Å². The predicted molar refractivity (Wildman–Crippen MR) is 86.5 cm³/mol. The topological polar surface area (TPSA) is 21.3 Å². The number of fused-ring (bicyclic) bond motifs is 1. The van der Waals surface area contributed by atoms with Crippen molar-refractivity contribution in [2.24, 2.45) is 5.92 Å². The number of hydrogen-bond acceptors (Lipinski definition) is 2. The maximum atomic E-state index is 5.26. The van der Waals surface area contributed by atoms with E-state index in [0.29, 0.717) is 0 Å². The number of methoxy groups -OCH3 is 1. The van der Waals surface area contributed by atoms with Crippen molar-refractivity contribution in [1.29, 1.82) is 0 Å². The molecule has 0 saturated carbocycles. The molecule has 20 heavy (non-hydrogen) atoms. The van der Waals surface area contributed by atoms with Crippen LogP contribution in [-0.4, -0.2) is 20.7 Å². The first-order valence-corrected chi connectivity index (χ1v) is 7.44. The molecule has 2 rings (SSSR count). The Hall–Kier alpha value is -1.54. The summed E-state index contributed by atoms with van der Waals surface area (Å²) in [5.41, 5.74) is 1.43. The Bertz CT molecular complexity index is 550. The molecule has 0 aliphatic heterocycles. The first-order valence-electron chi connectivity index (χ1n) is 7.44. The largest absolute Gasteiger partial charge is 0.497 e. The summed E-state index contributed by atoms with van der Waals surface area (Å²) in [5, 5.41) is 5.76. The zero-order valence-electron chi connectivity index (χ0n) is 12.8. The van der Waals surface area contributed by atoms with E-state index in [-0.39, 0.29) is 0 Å². The van der Waals surface area contributed by atoms with Crippen LogP contribution in [0, 0.1) is 5.92 Å². The van der Waals surface area contributed by atoms with Crippen molar-refractivity contribution in [2.75, 3.05) is 20.7 Å². The highest BCUT2D eigenvalue weighted by Crippen LogP contribution is 2.23. The third-order valence-electron chi connectivity index (χ3n) is 3.92. The molecule has 1 unspecified atom stereocenters. The van der Waals surface area contributed by atoms with Crippen molar-refractivity contribution in [2.45, 2.75) is 26.2 Å². The molecule has 0 aliphatic carbocycles. The van der Waals surface area contributed by atoms with E-state index < -0.39 is 0 Å². The van der Waals surface area contributed by atoms with Gasteiger partial charge in [-0.15, -0.1) is 0 Å². The normalized spacial score (nSPS) is 12.6. The Morgan fingerprint density at radius 3 is 2.55 bits per heavy atom. The van der Waals surface area contributed by atoms with E-state index in [4.69, 9.17) is 4.74 Å². The van der Waals surface area contributed by atoms with Gasteiger partial charge >= 0.3 is 0 Å². The molecule has 108 valence electrons. The van der Waals surface area contributed by atoms with E-state index in [1.54, 1.807) is 7.11 Å². The summed E-state index contributed by atoms with van der Waals surface area (Å²) in [6.07, 6.45) is 3.66. The Morgan fingerprint density at radius 2 is 1.80 bits per heavy atom. The van der Waals surface area contributed by atoms with Crippen molar-refractivity contribution >= 4 is 10.8 Å². The lowest BCUT2D eigenvalue weighted by Crippen LogP contribution is -2.11. The Kier molecular flexibility index (Phi) is 5.42. The minimum absolute atomic E-state index is 0.772. The van der Waals surface area contributed by atoms with Gasteiger partial charge in [0.25, 0.3) is 0 Å². The maximum Gasteiger partial charge on any atom is 0.119 e. The first-order chi connectivity index (χ1) is 9.72. The first kappa shape index (κ1) is 14.9. The van der Waals surface area contributed by atoms with Crippen molar-refractivity contribution in [1.82, 2.24) is 5.32 Å². The summed E-state index contributed by atoms with van der Waals surface area (Å²) in [7, 11) is 3.73. The molecule has 0 aliphatic rings. The maximum absolute atomic E-state index is 5.26. The van der Waals surface area contributed by atoms with Crippen molar-refractivity contribution < 1.29 is 4.74 Å². The lowest BCUT2D eigenvalue weighted by atomic mass is 9.97. The van der Waals surface area contributed by atoms with E-state index in [2.05, 4.69) is 42.6 Å². The summed E-state index contributed by atoms with van der Waals surface area (Å²) in [6, 6.07) is 13.0. The van der Waals surface area contributed by atoms with Gasteiger partial charge in [0, 0.05) is 0 Å². The average Bonchev–Trinajstić information content (AvgIpc) is 2.50. The van der Waals surface area contributed by atoms with Gasteiger partial charge in [0.05, 0.1) is 7.11 Å². The van der Waals surface area contributed by atoms with Crippen LogP contribution in [0.3, 0.4) is 0 Å². The zero-order chi connectivity index (χ0) is 14.4. The highest BCUT2D eigenvalue weighted by molar-refractivity contribution is 5.84. The molecule has 0 saturated heterocycles. The molecule has 1 N–H and O–H groups in total. The van der Waals surface area contributed by atoms with Crippen LogP contribution in [0.15, 0.2) is 36.4 Å². The molecule has 2 aromatic carbocycles. The molecule has 0 radical (unpaired) electrons. The van der Waals surface area contributed by atoms with Crippen molar-refractivity contribution in [3.63, 3.8) is 0 Å². The second-order valence-corrected chi connectivity index (χ2v) is 5.58. The number of aryl methyl sites for hydroxylation is 1. The van der Waals surface area contributed by atoms with Crippen LogP contribution < -0.4 is 10.1 Å². The van der Waals surface area contributed by atoms with Gasteiger partial charge in [0.15, 0.2) is 0 Å². The van der Waals surface area contributed by atoms with E-state index in [1.165, 1.54) is 29.2 Å². The van der Waals surface area contributed by atoms with Crippen molar-refractivity contribution in [3.05, 3.63) is 42.0 Å². The molecule has 2 aromatic rings. The zero-order valence-corrected chi connectivity index (χ0v) is 12.8.